The van der Waals surface area contributed by atoms with Crippen LogP contribution in [0.25, 0.3) is 11.1 Å². The number of fused-ring (bicyclic) bond motifs is 3. The molecule has 7 aliphatic carbocycles. The minimum Gasteiger partial charge on any atom is -0.147 e. The van der Waals surface area contributed by atoms with E-state index in [4.69, 9.17) is 0 Å². The molecule has 0 unspecified atom stereocenters. The molecule has 0 aliphatic heterocycles. The van der Waals surface area contributed by atoms with Crippen molar-refractivity contribution >= 4 is 31.3 Å². The molecule has 45 heavy (non-hydrogen) atoms. The van der Waals surface area contributed by atoms with Crippen molar-refractivity contribution in [3.05, 3.63) is 73.6 Å². The van der Waals surface area contributed by atoms with E-state index >= 15 is 0 Å². The molecule has 4 bridgehead atoms. The number of benzene rings is 2. The molecule has 5 saturated carbocycles. The van der Waals surface area contributed by atoms with Gasteiger partial charge in [0.15, 0.2) is 0 Å². The van der Waals surface area contributed by atoms with Gasteiger partial charge in [0.2, 0.25) is 0 Å². The molecule has 0 spiro atoms. The molecule has 3 heteroatoms. The summed E-state index contributed by atoms with van der Waals surface area (Å²) in [6, 6.07) is 12.6. The molecule has 2 aromatic rings. The van der Waals surface area contributed by atoms with Crippen LogP contribution in [0.15, 0.2) is 51.3 Å². The van der Waals surface area contributed by atoms with Gasteiger partial charge in [0, 0.05) is 0 Å². The van der Waals surface area contributed by atoms with Crippen LogP contribution in [0.3, 0.4) is 0 Å². The molecule has 2 aromatic carbocycles. The molecule has 9 rings (SSSR count). The van der Waals surface area contributed by atoms with Crippen LogP contribution in [0.5, 0.6) is 0 Å². The summed E-state index contributed by atoms with van der Waals surface area (Å²) in [5.41, 5.74) is 12.4. The number of halogens is 2. The van der Waals surface area contributed by atoms with Gasteiger partial charge in [-0.1, -0.05) is 0 Å². The zero-order valence-electron chi connectivity index (χ0n) is 28.8. The number of hydrogen-bond donors (Lipinski definition) is 0. The second kappa shape index (κ2) is 12.3. The van der Waals surface area contributed by atoms with E-state index in [1.165, 1.54) is 68.9 Å². The van der Waals surface area contributed by atoms with E-state index < -0.39 is 21.3 Å². The van der Waals surface area contributed by atoms with Gasteiger partial charge in [-0.2, -0.15) is 0 Å². The van der Waals surface area contributed by atoms with Gasteiger partial charge >= 0.3 is 271 Å². The first-order chi connectivity index (χ1) is 20.5. The van der Waals surface area contributed by atoms with Crippen LogP contribution in [0.2, 0.25) is 0 Å². The standard InChI is InChI=1S/C21H25.C15H19.C6H10.2ClH.Zr/c1-20(2,3)16-7-9-18-14(12-16)11-15-13-17(21(4,5)6)8-10-19(15)18;1-2-4-14(3-1)15-8-11-5-12(9-15)7-13(6-11)10-15;1-2-4-6-5-3-1;;;/h7-10,12H,11H2,1-6H3;1,3,11-13H,2,5-10H2;1-5H2;2*1H;. The fourth-order valence-corrected chi connectivity index (χ4v) is 21.2. The second-order valence-corrected chi connectivity index (χ2v) is 24.1. The van der Waals surface area contributed by atoms with Crippen molar-refractivity contribution in [2.45, 2.75) is 136 Å². The maximum atomic E-state index is 2.72. The van der Waals surface area contributed by atoms with Crippen molar-refractivity contribution in [3.8, 4) is 11.1 Å². The first kappa shape index (κ1) is 34.1. The zero-order chi connectivity index (χ0) is 29.7. The minimum atomic E-state index is -2.39. The van der Waals surface area contributed by atoms with Crippen LogP contribution in [0.4, 0.5) is 0 Å². The predicted molar refractivity (Wildman–Crippen MR) is 196 cm³/mol. The molecule has 0 aromatic heterocycles. The fourth-order valence-electron chi connectivity index (χ4n) is 11.1. The summed E-state index contributed by atoms with van der Waals surface area (Å²) in [5.74, 6) is 3.04. The van der Waals surface area contributed by atoms with Crippen LogP contribution >= 0.6 is 24.8 Å². The van der Waals surface area contributed by atoms with E-state index in [9.17, 15) is 0 Å². The molecule has 0 nitrogen and oxygen atoms in total. The quantitative estimate of drug-likeness (QED) is 0.253. The van der Waals surface area contributed by atoms with Crippen LogP contribution < -0.4 is 3.27 Å². The van der Waals surface area contributed by atoms with Crippen LogP contribution in [-0.2, 0) is 38.5 Å². The molecule has 5 fully saturated rings. The maximum absolute atomic E-state index is 2.72. The average molecular weight is 723 g/mol. The summed E-state index contributed by atoms with van der Waals surface area (Å²) in [7, 11) is 0. The summed E-state index contributed by atoms with van der Waals surface area (Å²) in [6.45, 7) is 14.6. The Balaban J connectivity index is 0.00000179. The SMILES string of the molecule is CC(C)(C)c1ccc2c(c1)Cc1c-2ccc(C(C)(C)C)[c]1[Zr]([C]1=C(C23CC4CC(CC(C4)C2)C3)C=CC1)=[C]1CCCCC1.Cl.Cl. The first-order valence-corrected chi connectivity index (χ1v) is 21.6. The van der Waals surface area contributed by atoms with E-state index in [1.807, 2.05) is 12.1 Å². The van der Waals surface area contributed by atoms with E-state index in [2.05, 4.69) is 87.2 Å². The Morgan fingerprint density at radius 2 is 1.36 bits per heavy atom. The first-order valence-electron chi connectivity index (χ1n) is 17.9. The maximum Gasteiger partial charge on any atom is -0.147 e. The summed E-state index contributed by atoms with van der Waals surface area (Å²) >= 11 is -2.39. The van der Waals surface area contributed by atoms with Gasteiger partial charge in [0.05, 0.1) is 0 Å². The van der Waals surface area contributed by atoms with Crippen molar-refractivity contribution in [1.82, 2.24) is 0 Å². The molecule has 7 aliphatic rings. The number of rotatable bonds is 3. The normalized spacial score (nSPS) is 28.1. The Labute approximate surface area is 294 Å². The van der Waals surface area contributed by atoms with Gasteiger partial charge in [-0.25, -0.2) is 0 Å². The molecule has 0 atom stereocenters. The molecule has 0 saturated heterocycles. The number of hydrogen-bond acceptors (Lipinski definition) is 0. The van der Waals surface area contributed by atoms with Gasteiger partial charge in [-0.15, -0.1) is 24.8 Å². The van der Waals surface area contributed by atoms with Gasteiger partial charge in [0.25, 0.3) is 0 Å². The van der Waals surface area contributed by atoms with E-state index in [0.717, 1.165) is 24.2 Å². The molecule has 0 heterocycles. The van der Waals surface area contributed by atoms with E-state index in [-0.39, 0.29) is 35.6 Å². The Kier molecular flexibility index (Phi) is 9.32. The van der Waals surface area contributed by atoms with Crippen molar-refractivity contribution in [2.24, 2.45) is 23.2 Å². The summed E-state index contributed by atoms with van der Waals surface area (Å²) in [4.78, 5) is 0. The summed E-state index contributed by atoms with van der Waals surface area (Å²) in [5, 5.41) is 0. The Morgan fingerprint density at radius 1 is 0.733 bits per heavy atom. The van der Waals surface area contributed by atoms with Gasteiger partial charge in [0.1, 0.15) is 0 Å². The van der Waals surface area contributed by atoms with Crippen molar-refractivity contribution in [3.63, 3.8) is 0 Å². The third-order valence-corrected chi connectivity index (χ3v) is 20.9. The monoisotopic (exact) mass is 720 g/mol. The van der Waals surface area contributed by atoms with E-state index in [1.54, 1.807) is 41.5 Å². The molecule has 0 amide bonds. The van der Waals surface area contributed by atoms with Crippen LogP contribution in [-0.4, -0.2) is 3.21 Å². The second-order valence-electron chi connectivity index (χ2n) is 17.8. The van der Waals surface area contributed by atoms with Crippen molar-refractivity contribution in [2.75, 3.05) is 0 Å². The fraction of sp³-hybridized carbons (Fsp3) is 0.595. The largest absolute Gasteiger partial charge is 0.147 e. The van der Waals surface area contributed by atoms with Crippen molar-refractivity contribution < 1.29 is 21.3 Å². The number of allylic oxidation sites excluding steroid dienone is 4. The predicted octanol–water partition coefficient (Wildman–Crippen LogP) is 11.5. The summed E-state index contributed by atoms with van der Waals surface area (Å²) < 4.78 is 6.03. The zero-order valence-corrected chi connectivity index (χ0v) is 32.9. The molecular formula is C42H56Cl2Zr. The average Bonchev–Trinajstić information content (AvgIpc) is 3.57. The molecule has 0 N–H and O–H groups in total. The third kappa shape index (κ3) is 5.84. The van der Waals surface area contributed by atoms with Crippen LogP contribution in [0.1, 0.15) is 141 Å². The Hall–Kier alpha value is -0.747. The third-order valence-electron chi connectivity index (χ3n) is 12.7. The smallest absolute Gasteiger partial charge is 0.147 e. The van der Waals surface area contributed by atoms with Gasteiger partial charge < -0.3 is 0 Å². The van der Waals surface area contributed by atoms with Crippen molar-refractivity contribution in [1.29, 1.82) is 0 Å². The Morgan fingerprint density at radius 3 is 1.96 bits per heavy atom. The summed E-state index contributed by atoms with van der Waals surface area (Å²) in [6.07, 6.45) is 24.1. The minimum absolute atomic E-state index is 0. The van der Waals surface area contributed by atoms with Crippen LogP contribution in [0, 0.1) is 23.2 Å². The molecule has 0 radical (unpaired) electrons. The molecular weight excluding hydrogens is 667 g/mol. The molecule has 242 valence electrons. The topological polar surface area (TPSA) is 0 Å². The van der Waals surface area contributed by atoms with Gasteiger partial charge in [-0.3, -0.25) is 0 Å². The van der Waals surface area contributed by atoms with E-state index in [0.29, 0.717) is 5.41 Å². The van der Waals surface area contributed by atoms with Gasteiger partial charge in [-0.05, 0) is 0 Å². The Bertz CT molecular complexity index is 1540.